The number of fused-ring (bicyclic) bond motifs is 1. The zero-order valence-electron chi connectivity index (χ0n) is 7.79. The van der Waals surface area contributed by atoms with Gasteiger partial charge in [-0.25, -0.2) is 18.9 Å². The molecule has 0 bridgehead atoms. The molecule has 6 heteroatoms. The molecule has 0 amide bonds. The minimum atomic E-state index is -0.203. The molecule has 6 nitrogen and oxygen atoms in total. The third-order valence-corrected chi connectivity index (χ3v) is 1.82. The summed E-state index contributed by atoms with van der Waals surface area (Å²) in [5.74, 6) is 0.401. The van der Waals surface area contributed by atoms with Gasteiger partial charge in [0.05, 0.1) is 6.54 Å². The van der Waals surface area contributed by atoms with Gasteiger partial charge in [-0.15, -0.1) is 5.10 Å². The normalized spacial score (nSPS) is 13.3. The number of nitrogens with zero attached hydrogens (tertiary/aromatic N) is 4. The van der Waals surface area contributed by atoms with Crippen molar-refractivity contribution in [2.75, 3.05) is 0 Å². The second kappa shape index (κ2) is 3.22. The summed E-state index contributed by atoms with van der Waals surface area (Å²) in [4.78, 5) is 15.6. The standard InChI is InChI=1S/C8H11N5O/c1-6(9)5-13-8(14)12-4-2-3-10-7(12)11-13/h2-4,6H,5,9H2,1H3. The lowest BCUT2D eigenvalue weighted by atomic mass is 10.4. The fourth-order valence-corrected chi connectivity index (χ4v) is 1.25. The third-order valence-electron chi connectivity index (χ3n) is 1.82. The zero-order chi connectivity index (χ0) is 10.1. The van der Waals surface area contributed by atoms with Crippen molar-refractivity contribution in [3.8, 4) is 0 Å². The maximum absolute atomic E-state index is 11.6. The number of nitrogens with two attached hydrogens (primary N) is 1. The molecule has 0 aliphatic rings. The van der Waals surface area contributed by atoms with Gasteiger partial charge in [-0.2, -0.15) is 0 Å². The summed E-state index contributed by atoms with van der Waals surface area (Å²) in [7, 11) is 0. The van der Waals surface area contributed by atoms with Crippen molar-refractivity contribution in [1.82, 2.24) is 19.2 Å². The third kappa shape index (κ3) is 1.39. The molecular formula is C8H11N5O. The van der Waals surface area contributed by atoms with Gasteiger partial charge in [0.1, 0.15) is 0 Å². The molecule has 2 rings (SSSR count). The van der Waals surface area contributed by atoms with Gasteiger partial charge in [0.25, 0.3) is 5.78 Å². The fraction of sp³-hybridized carbons (Fsp3) is 0.375. The first-order chi connectivity index (χ1) is 6.68. The largest absolute Gasteiger partial charge is 0.351 e. The smallest absolute Gasteiger partial charge is 0.326 e. The molecule has 0 aliphatic carbocycles. The molecule has 0 spiro atoms. The van der Waals surface area contributed by atoms with Crippen LogP contribution in [-0.4, -0.2) is 25.2 Å². The Morgan fingerprint density at radius 2 is 2.43 bits per heavy atom. The van der Waals surface area contributed by atoms with Crippen LogP contribution in [0.1, 0.15) is 6.92 Å². The highest BCUT2D eigenvalue weighted by molar-refractivity contribution is 5.23. The second-order valence-corrected chi connectivity index (χ2v) is 3.23. The van der Waals surface area contributed by atoms with E-state index >= 15 is 0 Å². The summed E-state index contributed by atoms with van der Waals surface area (Å²) in [6, 6.07) is 1.59. The summed E-state index contributed by atoms with van der Waals surface area (Å²) in [6.45, 7) is 2.23. The Balaban J connectivity index is 2.57. The molecule has 1 atom stereocenters. The first-order valence-electron chi connectivity index (χ1n) is 4.34. The maximum atomic E-state index is 11.6. The van der Waals surface area contributed by atoms with Crippen LogP contribution >= 0.6 is 0 Å². The van der Waals surface area contributed by atoms with Gasteiger partial charge >= 0.3 is 5.69 Å². The average Bonchev–Trinajstić information content (AvgIpc) is 2.44. The lowest BCUT2D eigenvalue weighted by Crippen LogP contribution is -2.30. The second-order valence-electron chi connectivity index (χ2n) is 3.23. The highest BCUT2D eigenvalue weighted by Crippen LogP contribution is 1.90. The van der Waals surface area contributed by atoms with Crippen molar-refractivity contribution in [3.05, 3.63) is 28.9 Å². The first kappa shape index (κ1) is 8.89. The highest BCUT2D eigenvalue weighted by Gasteiger charge is 2.07. The van der Waals surface area contributed by atoms with Gasteiger partial charge in [-0.1, -0.05) is 0 Å². The molecule has 0 radical (unpaired) electrons. The zero-order valence-corrected chi connectivity index (χ0v) is 7.79. The van der Waals surface area contributed by atoms with Crippen LogP contribution in [0.4, 0.5) is 0 Å². The molecule has 0 saturated carbocycles. The van der Waals surface area contributed by atoms with E-state index in [0.29, 0.717) is 12.3 Å². The van der Waals surface area contributed by atoms with Crippen LogP contribution in [0.15, 0.2) is 23.3 Å². The van der Waals surface area contributed by atoms with Crippen LogP contribution in [0.25, 0.3) is 5.78 Å². The SMILES string of the molecule is CC(N)Cn1nc2ncccn2c1=O. The summed E-state index contributed by atoms with van der Waals surface area (Å²) in [5.41, 5.74) is 5.38. The molecule has 2 heterocycles. The summed E-state index contributed by atoms with van der Waals surface area (Å²) >= 11 is 0. The van der Waals surface area contributed by atoms with Crippen molar-refractivity contribution < 1.29 is 0 Å². The van der Waals surface area contributed by atoms with E-state index in [1.807, 2.05) is 6.92 Å². The van der Waals surface area contributed by atoms with E-state index in [1.165, 1.54) is 9.08 Å². The number of hydrogen-bond donors (Lipinski definition) is 1. The van der Waals surface area contributed by atoms with Gasteiger partial charge < -0.3 is 5.73 Å². The van der Waals surface area contributed by atoms with E-state index in [9.17, 15) is 4.79 Å². The van der Waals surface area contributed by atoms with E-state index in [0.717, 1.165) is 0 Å². The van der Waals surface area contributed by atoms with Crippen molar-refractivity contribution in [1.29, 1.82) is 0 Å². The summed E-state index contributed by atoms with van der Waals surface area (Å²) in [5, 5.41) is 4.03. The first-order valence-corrected chi connectivity index (χ1v) is 4.34. The number of rotatable bonds is 2. The van der Waals surface area contributed by atoms with Crippen molar-refractivity contribution in [2.45, 2.75) is 19.5 Å². The van der Waals surface area contributed by atoms with Crippen LogP contribution in [0.5, 0.6) is 0 Å². The van der Waals surface area contributed by atoms with E-state index in [1.54, 1.807) is 18.5 Å². The Morgan fingerprint density at radius 1 is 1.64 bits per heavy atom. The van der Waals surface area contributed by atoms with Crippen LogP contribution in [0.3, 0.4) is 0 Å². The Kier molecular flexibility index (Phi) is 2.05. The molecule has 2 aromatic heterocycles. The molecule has 2 N–H and O–H groups in total. The van der Waals surface area contributed by atoms with E-state index in [2.05, 4.69) is 10.1 Å². The summed E-state index contributed by atoms with van der Waals surface area (Å²) < 4.78 is 2.72. The van der Waals surface area contributed by atoms with Crippen molar-refractivity contribution in [2.24, 2.45) is 5.73 Å². The lowest BCUT2D eigenvalue weighted by Gasteiger charge is -2.01. The van der Waals surface area contributed by atoms with Gasteiger partial charge in [0.2, 0.25) is 0 Å². The molecule has 0 saturated heterocycles. The Labute approximate surface area is 80.0 Å². The fourth-order valence-electron chi connectivity index (χ4n) is 1.25. The van der Waals surface area contributed by atoms with Gasteiger partial charge in [0, 0.05) is 18.4 Å². The molecule has 0 aromatic carbocycles. The van der Waals surface area contributed by atoms with Gasteiger partial charge in [-0.05, 0) is 13.0 Å². The monoisotopic (exact) mass is 193 g/mol. The minimum Gasteiger partial charge on any atom is -0.326 e. The van der Waals surface area contributed by atoms with Crippen LogP contribution in [0.2, 0.25) is 0 Å². The van der Waals surface area contributed by atoms with Crippen molar-refractivity contribution in [3.63, 3.8) is 0 Å². The molecule has 74 valence electrons. The van der Waals surface area contributed by atoms with Gasteiger partial charge in [0.15, 0.2) is 0 Å². The predicted octanol–water partition coefficient (Wildman–Crippen LogP) is -0.762. The number of aromatic nitrogens is 4. The van der Waals surface area contributed by atoms with E-state index < -0.39 is 0 Å². The Morgan fingerprint density at radius 3 is 3.07 bits per heavy atom. The molecular weight excluding hydrogens is 182 g/mol. The van der Waals surface area contributed by atoms with Crippen molar-refractivity contribution >= 4 is 5.78 Å². The number of hydrogen-bond acceptors (Lipinski definition) is 4. The molecule has 0 fully saturated rings. The topological polar surface area (TPSA) is 78.2 Å². The van der Waals surface area contributed by atoms with Crippen LogP contribution in [-0.2, 0) is 6.54 Å². The maximum Gasteiger partial charge on any atom is 0.351 e. The molecule has 0 aliphatic heterocycles. The molecule has 1 unspecified atom stereocenters. The highest BCUT2D eigenvalue weighted by atomic mass is 16.2. The quantitative estimate of drug-likeness (QED) is 0.680. The summed E-state index contributed by atoms with van der Waals surface area (Å²) in [6.07, 6.45) is 3.23. The molecule has 14 heavy (non-hydrogen) atoms. The average molecular weight is 193 g/mol. The van der Waals surface area contributed by atoms with Crippen LogP contribution in [0, 0.1) is 0 Å². The minimum absolute atomic E-state index is 0.0994. The Hall–Kier alpha value is -1.69. The lowest BCUT2D eigenvalue weighted by molar-refractivity contribution is 0.523. The van der Waals surface area contributed by atoms with E-state index in [4.69, 9.17) is 5.73 Å². The van der Waals surface area contributed by atoms with Gasteiger partial charge in [-0.3, -0.25) is 0 Å². The van der Waals surface area contributed by atoms with E-state index in [-0.39, 0.29) is 11.7 Å². The predicted molar refractivity (Wildman–Crippen MR) is 50.9 cm³/mol. The Bertz CT molecular complexity index is 498. The molecule has 2 aromatic rings. The van der Waals surface area contributed by atoms with Crippen LogP contribution < -0.4 is 11.4 Å².